The molecule has 7 nitrogen and oxygen atoms in total. The number of pyridine rings is 1. The molecule has 0 aliphatic heterocycles. The van der Waals surface area contributed by atoms with Gasteiger partial charge in [-0.2, -0.15) is 0 Å². The van der Waals surface area contributed by atoms with Crippen molar-refractivity contribution in [2.24, 2.45) is 16.5 Å². The van der Waals surface area contributed by atoms with E-state index in [0.717, 1.165) is 16.7 Å². The number of primary amides is 1. The van der Waals surface area contributed by atoms with Gasteiger partial charge >= 0.3 is 0 Å². The number of carbonyl (C=O) groups excluding carboxylic acids is 2. The highest BCUT2D eigenvalue weighted by Crippen LogP contribution is 2.25. The van der Waals surface area contributed by atoms with E-state index >= 15 is 0 Å². The number of aliphatic imine (C=N–C) groups is 1. The van der Waals surface area contributed by atoms with Gasteiger partial charge in [0.05, 0.1) is 11.3 Å². The maximum absolute atomic E-state index is 12.9. The Hall–Kier alpha value is -4.78. The van der Waals surface area contributed by atoms with Crippen molar-refractivity contribution in [2.45, 2.75) is 6.92 Å². The molecule has 0 bridgehead atoms. The van der Waals surface area contributed by atoms with E-state index < -0.39 is 5.91 Å². The van der Waals surface area contributed by atoms with Gasteiger partial charge in [0, 0.05) is 29.2 Å². The van der Waals surface area contributed by atoms with E-state index in [1.165, 1.54) is 0 Å². The van der Waals surface area contributed by atoms with Gasteiger partial charge in [-0.1, -0.05) is 36.4 Å². The topological polar surface area (TPSA) is 123 Å². The van der Waals surface area contributed by atoms with E-state index in [4.69, 9.17) is 11.5 Å². The third kappa shape index (κ3) is 4.99. The Morgan fingerprint density at radius 3 is 2.15 bits per heavy atom. The van der Waals surface area contributed by atoms with Crippen LogP contribution in [0.3, 0.4) is 0 Å². The molecule has 3 aromatic carbocycles. The summed E-state index contributed by atoms with van der Waals surface area (Å²) in [7, 11) is 0. The number of hydrogen-bond acceptors (Lipinski definition) is 4. The number of benzene rings is 3. The summed E-state index contributed by atoms with van der Waals surface area (Å²) in [6, 6.07) is 23.3. The Morgan fingerprint density at radius 1 is 0.824 bits per heavy atom. The van der Waals surface area contributed by atoms with E-state index in [1.807, 2.05) is 37.3 Å². The number of nitrogens with one attached hydrogen (secondary N) is 1. The zero-order valence-corrected chi connectivity index (χ0v) is 18.5. The van der Waals surface area contributed by atoms with Crippen molar-refractivity contribution in [1.82, 2.24) is 4.98 Å². The van der Waals surface area contributed by atoms with Crippen LogP contribution in [0.15, 0.2) is 96.2 Å². The monoisotopic (exact) mass is 449 g/mol. The molecule has 0 saturated heterocycles. The lowest BCUT2D eigenvalue weighted by atomic mass is 10.0. The molecule has 1 aromatic heterocycles. The van der Waals surface area contributed by atoms with Crippen molar-refractivity contribution in [3.63, 3.8) is 0 Å². The van der Waals surface area contributed by atoms with Crippen LogP contribution in [0, 0.1) is 6.92 Å². The van der Waals surface area contributed by atoms with Crippen molar-refractivity contribution in [2.75, 3.05) is 5.32 Å². The summed E-state index contributed by atoms with van der Waals surface area (Å²) in [5, 5.41) is 2.94. The number of amides is 2. The van der Waals surface area contributed by atoms with Crippen LogP contribution in [-0.2, 0) is 0 Å². The van der Waals surface area contributed by atoms with E-state index in [2.05, 4.69) is 15.3 Å². The summed E-state index contributed by atoms with van der Waals surface area (Å²) in [5.74, 6) is -0.666. The van der Waals surface area contributed by atoms with Crippen LogP contribution < -0.4 is 16.8 Å². The number of rotatable bonds is 6. The van der Waals surface area contributed by atoms with E-state index in [0.29, 0.717) is 28.1 Å². The van der Waals surface area contributed by atoms with Gasteiger partial charge in [0.15, 0.2) is 0 Å². The molecule has 0 fully saturated rings. The first-order valence-corrected chi connectivity index (χ1v) is 10.6. The molecule has 1 heterocycles. The van der Waals surface area contributed by atoms with Gasteiger partial charge in [0.1, 0.15) is 5.84 Å². The van der Waals surface area contributed by atoms with Crippen LogP contribution in [0.5, 0.6) is 0 Å². The third-order valence-corrected chi connectivity index (χ3v) is 5.35. The molecule has 0 aliphatic carbocycles. The Morgan fingerprint density at radius 2 is 1.47 bits per heavy atom. The number of aromatic nitrogens is 1. The summed E-state index contributed by atoms with van der Waals surface area (Å²) in [4.78, 5) is 33.0. The Bertz CT molecular complexity index is 1380. The van der Waals surface area contributed by atoms with Gasteiger partial charge in [-0.25, -0.2) is 4.99 Å². The number of carbonyl (C=O) groups is 2. The number of amidine groups is 1. The Balaban J connectivity index is 1.55. The van der Waals surface area contributed by atoms with Gasteiger partial charge in [-0.15, -0.1) is 0 Å². The second-order valence-corrected chi connectivity index (χ2v) is 7.67. The van der Waals surface area contributed by atoms with Gasteiger partial charge in [0.2, 0.25) is 5.91 Å². The predicted molar refractivity (Wildman–Crippen MR) is 134 cm³/mol. The van der Waals surface area contributed by atoms with Gasteiger partial charge in [-0.05, 0) is 66.1 Å². The van der Waals surface area contributed by atoms with Crippen molar-refractivity contribution < 1.29 is 9.59 Å². The molecule has 5 N–H and O–H groups in total. The molecule has 4 rings (SSSR count). The molecule has 0 radical (unpaired) electrons. The summed E-state index contributed by atoms with van der Waals surface area (Å²) in [6.45, 7) is 1.89. The minimum absolute atomic E-state index is 0.155. The molecular formula is C27H23N5O2. The lowest BCUT2D eigenvalue weighted by Crippen LogP contribution is -2.21. The molecule has 0 spiro atoms. The predicted octanol–water partition coefficient (Wildman–Crippen LogP) is 4.45. The molecular weight excluding hydrogens is 426 g/mol. The average Bonchev–Trinajstić information content (AvgIpc) is 2.86. The Labute approximate surface area is 197 Å². The first kappa shape index (κ1) is 22.4. The second-order valence-electron chi connectivity index (χ2n) is 7.67. The molecule has 4 aromatic rings. The van der Waals surface area contributed by atoms with Crippen LogP contribution in [0.4, 0.5) is 11.4 Å². The summed E-state index contributed by atoms with van der Waals surface area (Å²) in [5.41, 5.74) is 16.9. The van der Waals surface area contributed by atoms with E-state index in [9.17, 15) is 9.59 Å². The highest BCUT2D eigenvalue weighted by molar-refractivity contribution is 6.09. The molecule has 34 heavy (non-hydrogen) atoms. The molecule has 168 valence electrons. The number of nitrogens with two attached hydrogens (primary N) is 2. The lowest BCUT2D eigenvalue weighted by molar-refractivity contribution is 0.0997. The fourth-order valence-electron chi connectivity index (χ4n) is 3.49. The molecule has 0 aliphatic rings. The molecule has 0 unspecified atom stereocenters. The van der Waals surface area contributed by atoms with Crippen molar-refractivity contribution in [1.29, 1.82) is 0 Å². The normalized spacial score (nSPS) is 11.1. The van der Waals surface area contributed by atoms with Crippen LogP contribution in [-0.4, -0.2) is 22.6 Å². The minimum atomic E-state index is -0.583. The van der Waals surface area contributed by atoms with Crippen LogP contribution in [0.1, 0.15) is 31.8 Å². The minimum Gasteiger partial charge on any atom is -0.383 e. The van der Waals surface area contributed by atoms with Crippen LogP contribution in [0.25, 0.3) is 11.1 Å². The quantitative estimate of drug-likeness (QED) is 0.297. The van der Waals surface area contributed by atoms with Crippen molar-refractivity contribution in [3.8, 4) is 11.1 Å². The number of aryl methyl sites for hydroxylation is 1. The zero-order valence-electron chi connectivity index (χ0n) is 18.5. The molecule has 2 amide bonds. The highest BCUT2D eigenvalue weighted by Gasteiger charge is 2.12. The smallest absolute Gasteiger partial charge is 0.255 e. The van der Waals surface area contributed by atoms with Gasteiger partial charge < -0.3 is 16.8 Å². The van der Waals surface area contributed by atoms with E-state index in [-0.39, 0.29) is 11.7 Å². The molecule has 0 atom stereocenters. The first-order valence-electron chi connectivity index (χ1n) is 10.6. The zero-order chi connectivity index (χ0) is 24.1. The summed E-state index contributed by atoms with van der Waals surface area (Å²) < 4.78 is 0. The highest BCUT2D eigenvalue weighted by atomic mass is 16.2. The van der Waals surface area contributed by atoms with E-state index in [1.54, 1.807) is 60.9 Å². The lowest BCUT2D eigenvalue weighted by Gasteiger charge is -2.11. The van der Waals surface area contributed by atoms with Crippen molar-refractivity contribution >= 4 is 29.0 Å². The first-order chi connectivity index (χ1) is 16.4. The molecule has 7 heteroatoms. The largest absolute Gasteiger partial charge is 0.383 e. The van der Waals surface area contributed by atoms with Gasteiger partial charge in [0.25, 0.3) is 5.91 Å². The SMILES string of the molecule is Cc1ccc(N=C(N)c2ccccc2C(N)=O)cc1NC(=O)c1ccc(-c2ccncc2)cc1. The average molecular weight is 450 g/mol. The second kappa shape index (κ2) is 9.79. The third-order valence-electron chi connectivity index (χ3n) is 5.35. The van der Waals surface area contributed by atoms with Crippen LogP contribution in [0.2, 0.25) is 0 Å². The van der Waals surface area contributed by atoms with Crippen molar-refractivity contribution in [3.05, 3.63) is 114 Å². The fraction of sp³-hybridized carbons (Fsp3) is 0.0370. The molecule has 0 saturated carbocycles. The maximum atomic E-state index is 12.9. The number of hydrogen-bond donors (Lipinski definition) is 3. The standard InChI is InChI=1S/C27H23N5O2/c1-17-6-11-21(31-25(28)22-4-2-3-5-23(22)26(29)33)16-24(17)32-27(34)20-9-7-18(8-10-20)19-12-14-30-15-13-19/h2-16H,1H3,(H2,28,31)(H2,29,33)(H,32,34). The fourth-order valence-corrected chi connectivity index (χ4v) is 3.49. The summed E-state index contributed by atoms with van der Waals surface area (Å²) in [6.07, 6.45) is 3.46. The van der Waals surface area contributed by atoms with Crippen LogP contribution >= 0.6 is 0 Å². The number of anilines is 1. The maximum Gasteiger partial charge on any atom is 0.255 e. The number of nitrogens with zero attached hydrogens (tertiary/aromatic N) is 2. The van der Waals surface area contributed by atoms with Gasteiger partial charge in [-0.3, -0.25) is 14.6 Å². The Kier molecular flexibility index (Phi) is 6.45. The summed E-state index contributed by atoms with van der Waals surface area (Å²) >= 11 is 0.